The van der Waals surface area contributed by atoms with Gasteiger partial charge in [-0.25, -0.2) is 4.98 Å². The Morgan fingerprint density at radius 3 is 2.15 bits per heavy atom. The van der Waals surface area contributed by atoms with Crippen LogP contribution in [0.1, 0.15) is 37.7 Å². The summed E-state index contributed by atoms with van der Waals surface area (Å²) in [5, 5.41) is 0.437. The molecule has 0 atom stereocenters. The molecule has 0 saturated heterocycles. The van der Waals surface area contributed by atoms with Gasteiger partial charge >= 0.3 is 0 Å². The van der Waals surface area contributed by atoms with Crippen LogP contribution < -0.4 is 4.74 Å². The molecule has 3 nitrogen and oxygen atoms in total. The maximum atomic E-state index is 6.19. The Kier molecular flexibility index (Phi) is 4.00. The fraction of sp³-hybridized carbons (Fsp3) is 0.375. The molecule has 0 fully saturated rings. The predicted molar refractivity (Wildman–Crippen MR) is 81.7 cm³/mol. The number of rotatable bonds is 2. The van der Waals surface area contributed by atoms with E-state index in [1.807, 2.05) is 58.9 Å². The molecule has 2 rings (SSSR count). The standard InChI is InChI=1S/C16H19ClN2O/c1-10-6-8-12(9-7-10)20-14-11(2)13(17)18-15(19-14)16(3,4)5/h6-9H,1-5H3. The maximum absolute atomic E-state index is 6.19. The summed E-state index contributed by atoms with van der Waals surface area (Å²) >= 11 is 6.19. The minimum atomic E-state index is -0.178. The van der Waals surface area contributed by atoms with Crippen molar-refractivity contribution in [1.29, 1.82) is 0 Å². The van der Waals surface area contributed by atoms with Crippen LogP contribution in [-0.2, 0) is 5.41 Å². The van der Waals surface area contributed by atoms with E-state index in [9.17, 15) is 0 Å². The van der Waals surface area contributed by atoms with Crippen LogP contribution in [0.25, 0.3) is 0 Å². The zero-order valence-electron chi connectivity index (χ0n) is 12.5. The van der Waals surface area contributed by atoms with Crippen LogP contribution in [0.4, 0.5) is 0 Å². The highest BCUT2D eigenvalue weighted by Gasteiger charge is 2.21. The van der Waals surface area contributed by atoms with E-state index in [2.05, 4.69) is 9.97 Å². The molecule has 20 heavy (non-hydrogen) atoms. The van der Waals surface area contributed by atoms with Crippen molar-refractivity contribution in [2.24, 2.45) is 0 Å². The molecule has 0 aliphatic rings. The molecule has 2 aromatic rings. The number of nitrogens with zero attached hydrogens (tertiary/aromatic N) is 2. The highest BCUT2D eigenvalue weighted by atomic mass is 35.5. The van der Waals surface area contributed by atoms with Crippen molar-refractivity contribution >= 4 is 11.6 Å². The van der Waals surface area contributed by atoms with Gasteiger partial charge in [0.2, 0.25) is 5.88 Å². The summed E-state index contributed by atoms with van der Waals surface area (Å²) in [6.07, 6.45) is 0. The Bertz CT molecular complexity index is 616. The molecule has 0 spiro atoms. The van der Waals surface area contributed by atoms with Crippen molar-refractivity contribution < 1.29 is 4.74 Å². The smallest absolute Gasteiger partial charge is 0.227 e. The molecule has 0 aliphatic carbocycles. The molecule has 0 N–H and O–H groups in total. The SMILES string of the molecule is Cc1ccc(Oc2nc(C(C)(C)C)nc(Cl)c2C)cc1. The lowest BCUT2D eigenvalue weighted by Gasteiger charge is -2.19. The van der Waals surface area contributed by atoms with Gasteiger partial charge in [-0.15, -0.1) is 0 Å². The number of ether oxygens (including phenoxy) is 1. The van der Waals surface area contributed by atoms with E-state index in [1.54, 1.807) is 0 Å². The lowest BCUT2D eigenvalue weighted by molar-refractivity contribution is 0.441. The minimum absolute atomic E-state index is 0.178. The van der Waals surface area contributed by atoms with Crippen LogP contribution in [0.2, 0.25) is 5.15 Å². The second-order valence-corrected chi connectivity index (χ2v) is 6.29. The fourth-order valence-electron chi connectivity index (χ4n) is 1.62. The van der Waals surface area contributed by atoms with Gasteiger partial charge in [0.15, 0.2) is 0 Å². The summed E-state index contributed by atoms with van der Waals surface area (Å²) < 4.78 is 5.85. The summed E-state index contributed by atoms with van der Waals surface area (Å²) in [7, 11) is 0. The van der Waals surface area contributed by atoms with Crippen LogP contribution in [0, 0.1) is 13.8 Å². The Hall–Kier alpha value is -1.61. The molecular formula is C16H19ClN2O. The second kappa shape index (κ2) is 5.41. The Labute approximate surface area is 125 Å². The Morgan fingerprint density at radius 1 is 1.00 bits per heavy atom. The van der Waals surface area contributed by atoms with Crippen LogP contribution in [0.15, 0.2) is 24.3 Å². The van der Waals surface area contributed by atoms with E-state index in [4.69, 9.17) is 16.3 Å². The molecule has 1 aromatic carbocycles. The van der Waals surface area contributed by atoms with Gasteiger partial charge < -0.3 is 4.74 Å². The first-order valence-corrected chi connectivity index (χ1v) is 6.94. The lowest BCUT2D eigenvalue weighted by atomic mass is 9.96. The van der Waals surface area contributed by atoms with E-state index >= 15 is 0 Å². The highest BCUT2D eigenvalue weighted by molar-refractivity contribution is 6.30. The number of halogens is 1. The number of hydrogen-bond donors (Lipinski definition) is 0. The number of aromatic nitrogens is 2. The van der Waals surface area contributed by atoms with Crippen molar-refractivity contribution in [3.8, 4) is 11.6 Å². The van der Waals surface area contributed by atoms with Crippen LogP contribution >= 0.6 is 11.6 Å². The first kappa shape index (κ1) is 14.8. The maximum Gasteiger partial charge on any atom is 0.227 e. The average Bonchev–Trinajstić information content (AvgIpc) is 2.36. The van der Waals surface area contributed by atoms with Gasteiger partial charge in [-0.2, -0.15) is 4.98 Å². The van der Waals surface area contributed by atoms with E-state index in [1.165, 1.54) is 5.56 Å². The Morgan fingerprint density at radius 2 is 1.60 bits per heavy atom. The zero-order chi connectivity index (χ0) is 14.9. The molecule has 0 radical (unpaired) electrons. The lowest BCUT2D eigenvalue weighted by Crippen LogP contribution is -2.17. The van der Waals surface area contributed by atoms with Crippen molar-refractivity contribution in [2.45, 2.75) is 40.0 Å². The molecule has 0 aliphatic heterocycles. The van der Waals surface area contributed by atoms with Gasteiger partial charge in [0.1, 0.15) is 16.7 Å². The third kappa shape index (κ3) is 3.28. The first-order chi connectivity index (χ1) is 9.27. The quantitative estimate of drug-likeness (QED) is 0.743. The largest absolute Gasteiger partial charge is 0.439 e. The highest BCUT2D eigenvalue weighted by Crippen LogP contribution is 2.30. The topological polar surface area (TPSA) is 35.0 Å². The molecule has 0 unspecified atom stereocenters. The third-order valence-corrected chi connectivity index (χ3v) is 3.32. The number of benzene rings is 1. The van der Waals surface area contributed by atoms with Gasteiger partial charge in [-0.3, -0.25) is 0 Å². The second-order valence-electron chi connectivity index (χ2n) is 5.93. The van der Waals surface area contributed by atoms with Crippen LogP contribution in [-0.4, -0.2) is 9.97 Å². The van der Waals surface area contributed by atoms with Gasteiger partial charge in [-0.05, 0) is 26.0 Å². The van der Waals surface area contributed by atoms with Gasteiger partial charge in [0.25, 0.3) is 0 Å². The van der Waals surface area contributed by atoms with Gasteiger partial charge in [0.05, 0.1) is 0 Å². The molecule has 0 amide bonds. The molecule has 1 aromatic heterocycles. The monoisotopic (exact) mass is 290 g/mol. The minimum Gasteiger partial charge on any atom is -0.439 e. The van der Waals surface area contributed by atoms with Crippen molar-refractivity contribution in [3.05, 3.63) is 46.4 Å². The van der Waals surface area contributed by atoms with Crippen LogP contribution in [0.3, 0.4) is 0 Å². The van der Waals surface area contributed by atoms with E-state index < -0.39 is 0 Å². The van der Waals surface area contributed by atoms with E-state index in [0.29, 0.717) is 16.9 Å². The van der Waals surface area contributed by atoms with E-state index in [-0.39, 0.29) is 5.41 Å². The molecule has 0 saturated carbocycles. The van der Waals surface area contributed by atoms with Crippen molar-refractivity contribution in [2.75, 3.05) is 0 Å². The summed E-state index contributed by atoms with van der Waals surface area (Å²) in [6.45, 7) is 10.0. The normalized spacial score (nSPS) is 11.5. The predicted octanol–water partition coefficient (Wildman–Crippen LogP) is 4.84. The van der Waals surface area contributed by atoms with Crippen molar-refractivity contribution in [1.82, 2.24) is 9.97 Å². The summed E-state index contributed by atoms with van der Waals surface area (Å²) in [4.78, 5) is 8.84. The molecule has 4 heteroatoms. The van der Waals surface area contributed by atoms with Gasteiger partial charge in [-0.1, -0.05) is 50.1 Å². The molecule has 1 heterocycles. The first-order valence-electron chi connectivity index (χ1n) is 6.56. The van der Waals surface area contributed by atoms with Gasteiger partial charge in [0, 0.05) is 11.0 Å². The van der Waals surface area contributed by atoms with Crippen molar-refractivity contribution in [3.63, 3.8) is 0 Å². The number of aryl methyl sites for hydroxylation is 1. The summed E-state index contributed by atoms with van der Waals surface area (Å²) in [5.41, 5.74) is 1.76. The van der Waals surface area contributed by atoms with E-state index in [0.717, 1.165) is 11.3 Å². The zero-order valence-corrected chi connectivity index (χ0v) is 13.2. The van der Waals surface area contributed by atoms with Crippen LogP contribution in [0.5, 0.6) is 11.6 Å². The summed E-state index contributed by atoms with van der Waals surface area (Å²) in [5.74, 6) is 1.93. The summed E-state index contributed by atoms with van der Waals surface area (Å²) in [6, 6.07) is 7.83. The average molecular weight is 291 g/mol. The number of hydrogen-bond acceptors (Lipinski definition) is 3. The Balaban J connectivity index is 2.40. The fourth-order valence-corrected chi connectivity index (χ4v) is 1.78. The molecule has 106 valence electrons. The third-order valence-electron chi connectivity index (χ3n) is 2.95. The molecular weight excluding hydrogens is 272 g/mol. The molecule has 0 bridgehead atoms.